The van der Waals surface area contributed by atoms with Crippen LogP contribution in [-0.2, 0) is 23.7 Å². The van der Waals surface area contributed by atoms with Gasteiger partial charge in [-0.3, -0.25) is 9.52 Å². The smallest absolute Gasteiger partial charge is 0.296 e. The van der Waals surface area contributed by atoms with Crippen LogP contribution in [-0.4, -0.2) is 30.3 Å². The van der Waals surface area contributed by atoms with E-state index in [4.69, 9.17) is 9.88 Å². The van der Waals surface area contributed by atoms with Crippen molar-refractivity contribution >= 4 is 26.7 Å². The van der Waals surface area contributed by atoms with Gasteiger partial charge >= 0.3 is 0 Å². The third-order valence-corrected chi connectivity index (χ3v) is 4.26. The molecule has 2 aromatic heterocycles. The molecule has 26 heavy (non-hydrogen) atoms. The van der Waals surface area contributed by atoms with Crippen LogP contribution >= 0.6 is 0 Å². The summed E-state index contributed by atoms with van der Waals surface area (Å²) in [6, 6.07) is 8.51. The van der Waals surface area contributed by atoms with Crippen molar-refractivity contribution in [2.75, 3.05) is 11.8 Å². The number of anilines is 1. The molecule has 2 heterocycles. The largest absolute Gasteiger partial charge is 0.480 e. The maximum atomic E-state index is 12.2. The minimum atomic E-state index is -3.81. The molecule has 3 N–H and O–H groups in total. The molecule has 0 aliphatic heterocycles. The zero-order valence-electron chi connectivity index (χ0n) is 14.1. The maximum Gasteiger partial charge on any atom is 0.296 e. The van der Waals surface area contributed by atoms with Gasteiger partial charge < -0.3 is 4.74 Å². The number of hydrogen-bond donors (Lipinski definition) is 2. The molecule has 0 spiro atoms. The molecule has 0 bridgehead atoms. The molecule has 3 rings (SSSR count). The van der Waals surface area contributed by atoms with Gasteiger partial charge in [0.1, 0.15) is 5.39 Å². The third kappa shape index (κ3) is 3.81. The summed E-state index contributed by atoms with van der Waals surface area (Å²) in [5.74, 6) is 0.244. The maximum absolute atomic E-state index is 12.2. The Morgan fingerprint density at radius 2 is 1.96 bits per heavy atom. The van der Waals surface area contributed by atoms with E-state index < -0.39 is 10.2 Å². The average molecular weight is 375 g/mol. The number of benzene rings is 1. The fourth-order valence-corrected chi connectivity index (χ4v) is 3.04. The minimum absolute atomic E-state index is 0.244. The number of pyridine rings is 1. The lowest BCUT2D eigenvalue weighted by Crippen LogP contribution is -2.21. The first kappa shape index (κ1) is 17.8. The van der Waals surface area contributed by atoms with Crippen molar-refractivity contribution in [1.29, 1.82) is 0 Å². The van der Waals surface area contributed by atoms with Gasteiger partial charge in [-0.05, 0) is 23.8 Å². The predicted molar refractivity (Wildman–Crippen MR) is 97.3 cm³/mol. The predicted octanol–water partition coefficient (Wildman–Crippen LogP) is 0.543. The Morgan fingerprint density at radius 1 is 1.27 bits per heavy atom. The Morgan fingerprint density at radius 3 is 2.58 bits per heavy atom. The summed E-state index contributed by atoms with van der Waals surface area (Å²) < 4.78 is 30.8. The molecule has 0 unspecified atom stereocenters. The molecule has 0 amide bonds. The van der Waals surface area contributed by atoms with E-state index in [0.29, 0.717) is 28.6 Å². The molecule has 136 valence electrons. The van der Waals surface area contributed by atoms with Crippen LogP contribution in [0.5, 0.6) is 5.88 Å². The highest BCUT2D eigenvalue weighted by atomic mass is 32.2. The number of nitrogens with one attached hydrogen (secondary N) is 1. The number of rotatable bonds is 5. The summed E-state index contributed by atoms with van der Waals surface area (Å²) in [6.07, 6.45) is 2.06. The van der Waals surface area contributed by atoms with E-state index in [1.54, 1.807) is 43.6 Å². The number of aryl methyl sites for hydroxylation is 1. The lowest BCUT2D eigenvalue weighted by Gasteiger charge is -2.09. The molecule has 0 aliphatic rings. The molecule has 0 saturated heterocycles. The number of aromatic nitrogens is 3. The quantitative estimate of drug-likeness (QED) is 0.670. The Labute approximate surface area is 149 Å². The highest BCUT2D eigenvalue weighted by molar-refractivity contribution is 7.90. The number of hydrogen-bond acceptors (Lipinski definition) is 6. The first-order valence-corrected chi connectivity index (χ1v) is 9.11. The van der Waals surface area contributed by atoms with Crippen LogP contribution in [0.2, 0.25) is 0 Å². The number of fused-ring (bicyclic) bond motifs is 1. The van der Waals surface area contributed by atoms with Gasteiger partial charge in [0.15, 0.2) is 0 Å². The van der Waals surface area contributed by atoms with Crippen LogP contribution in [0.4, 0.5) is 5.69 Å². The van der Waals surface area contributed by atoms with Gasteiger partial charge in [0.25, 0.3) is 15.8 Å². The topological polar surface area (TPSA) is 129 Å². The van der Waals surface area contributed by atoms with Crippen LogP contribution in [0.3, 0.4) is 0 Å². The zero-order valence-corrected chi connectivity index (χ0v) is 14.9. The highest BCUT2D eigenvalue weighted by Gasteiger charge is 2.12. The molecule has 10 heteroatoms. The van der Waals surface area contributed by atoms with Crippen LogP contribution in [0.15, 0.2) is 41.3 Å². The Kier molecular flexibility index (Phi) is 4.62. The van der Waals surface area contributed by atoms with E-state index >= 15 is 0 Å². The lowest BCUT2D eigenvalue weighted by atomic mass is 10.1. The van der Waals surface area contributed by atoms with Crippen molar-refractivity contribution in [1.82, 2.24) is 14.8 Å². The normalized spacial score (nSPS) is 11.5. The van der Waals surface area contributed by atoms with Crippen molar-refractivity contribution in [3.05, 3.63) is 58.1 Å². The standard InChI is InChI=1S/C16H17N5O4S/c1-21-16(22)14-11(9-18-21)8-13(19-15(14)25-2)7-10-3-5-12(6-4-10)20-26(17,23)24/h3-6,8-9,20H,7H2,1-2H3,(H2,17,23,24). The van der Waals surface area contributed by atoms with Crippen molar-refractivity contribution in [2.45, 2.75) is 6.42 Å². The van der Waals surface area contributed by atoms with E-state index in [1.165, 1.54) is 11.8 Å². The molecule has 1 aromatic carbocycles. The Bertz CT molecular complexity index is 1120. The van der Waals surface area contributed by atoms with Gasteiger partial charge in [-0.25, -0.2) is 14.8 Å². The first-order chi connectivity index (χ1) is 12.3. The zero-order chi connectivity index (χ0) is 18.9. The first-order valence-electron chi connectivity index (χ1n) is 7.56. The van der Waals surface area contributed by atoms with E-state index in [2.05, 4.69) is 14.8 Å². The summed E-state index contributed by atoms with van der Waals surface area (Å²) in [5.41, 5.74) is 1.68. The Hall–Kier alpha value is -2.98. The van der Waals surface area contributed by atoms with Gasteiger partial charge in [0.05, 0.1) is 13.3 Å². The van der Waals surface area contributed by atoms with E-state index in [1.807, 2.05) is 0 Å². The molecule has 3 aromatic rings. The second kappa shape index (κ2) is 6.73. The van der Waals surface area contributed by atoms with Crippen molar-refractivity contribution in [3.8, 4) is 5.88 Å². The Balaban J connectivity index is 1.94. The van der Waals surface area contributed by atoms with Gasteiger partial charge in [-0.2, -0.15) is 13.5 Å². The average Bonchev–Trinajstić information content (AvgIpc) is 2.58. The summed E-state index contributed by atoms with van der Waals surface area (Å²) in [4.78, 5) is 16.6. The van der Waals surface area contributed by atoms with Crippen molar-refractivity contribution in [2.24, 2.45) is 12.2 Å². The number of methoxy groups -OCH3 is 1. The molecule has 0 aliphatic carbocycles. The third-order valence-electron chi connectivity index (χ3n) is 3.74. The highest BCUT2D eigenvalue weighted by Crippen LogP contribution is 2.22. The van der Waals surface area contributed by atoms with Crippen LogP contribution in [0.1, 0.15) is 11.3 Å². The number of nitrogens with zero attached hydrogens (tertiary/aromatic N) is 3. The summed E-state index contributed by atoms with van der Waals surface area (Å²) in [5, 5.41) is 9.98. The summed E-state index contributed by atoms with van der Waals surface area (Å²) in [7, 11) is -0.788. The fraction of sp³-hybridized carbons (Fsp3) is 0.188. The second-order valence-corrected chi connectivity index (χ2v) is 6.98. The van der Waals surface area contributed by atoms with Gasteiger partial charge in [0.2, 0.25) is 5.88 Å². The molecule has 0 radical (unpaired) electrons. The van der Waals surface area contributed by atoms with Gasteiger partial charge in [0, 0.05) is 30.2 Å². The molecule has 0 saturated carbocycles. The molecule has 9 nitrogen and oxygen atoms in total. The second-order valence-electron chi connectivity index (χ2n) is 5.68. The van der Waals surface area contributed by atoms with Crippen LogP contribution < -0.4 is 20.2 Å². The van der Waals surface area contributed by atoms with E-state index in [9.17, 15) is 13.2 Å². The summed E-state index contributed by atoms with van der Waals surface area (Å²) >= 11 is 0. The van der Waals surface area contributed by atoms with Crippen molar-refractivity contribution < 1.29 is 13.2 Å². The van der Waals surface area contributed by atoms with Crippen LogP contribution in [0, 0.1) is 0 Å². The monoisotopic (exact) mass is 375 g/mol. The molecular weight excluding hydrogens is 358 g/mol. The van der Waals surface area contributed by atoms with E-state index in [0.717, 1.165) is 5.56 Å². The SMILES string of the molecule is COc1nc(Cc2ccc(NS(N)(=O)=O)cc2)cc2cnn(C)c(=O)c12. The van der Waals surface area contributed by atoms with Crippen LogP contribution in [0.25, 0.3) is 10.8 Å². The number of ether oxygens (including phenoxy) is 1. The molecule has 0 fully saturated rings. The minimum Gasteiger partial charge on any atom is -0.480 e. The molecular formula is C16H17N5O4S. The summed E-state index contributed by atoms with van der Waals surface area (Å²) in [6.45, 7) is 0. The van der Waals surface area contributed by atoms with Crippen molar-refractivity contribution in [3.63, 3.8) is 0 Å². The van der Waals surface area contributed by atoms with E-state index in [-0.39, 0.29) is 11.4 Å². The van der Waals surface area contributed by atoms with Gasteiger partial charge in [-0.1, -0.05) is 12.1 Å². The van der Waals surface area contributed by atoms with Gasteiger partial charge in [-0.15, -0.1) is 0 Å². The fourth-order valence-electron chi connectivity index (χ4n) is 2.58. The lowest BCUT2D eigenvalue weighted by molar-refractivity contribution is 0.401. The number of nitrogens with two attached hydrogens (primary N) is 1. The molecule has 0 atom stereocenters.